The Morgan fingerprint density at radius 1 is 1.13 bits per heavy atom. The van der Waals surface area contributed by atoms with Crippen LogP contribution in [0.25, 0.3) is 0 Å². The van der Waals surface area contributed by atoms with Gasteiger partial charge in [-0.3, -0.25) is 14.6 Å². The molecular formula is C26H36N2O3. The molecule has 1 aromatic rings. The minimum absolute atomic E-state index is 0.0856. The van der Waals surface area contributed by atoms with Crippen molar-refractivity contribution in [1.29, 1.82) is 0 Å². The fourth-order valence-electron chi connectivity index (χ4n) is 6.52. The summed E-state index contributed by atoms with van der Waals surface area (Å²) >= 11 is 0. The summed E-state index contributed by atoms with van der Waals surface area (Å²) in [4.78, 5) is 17.8. The van der Waals surface area contributed by atoms with Crippen molar-refractivity contribution >= 4 is 5.97 Å². The summed E-state index contributed by atoms with van der Waals surface area (Å²) in [6.45, 7) is 10.1. The number of rotatable bonds is 4. The van der Waals surface area contributed by atoms with Gasteiger partial charge in [-0.1, -0.05) is 55.8 Å². The van der Waals surface area contributed by atoms with Crippen molar-refractivity contribution in [2.24, 2.45) is 23.2 Å². The number of fused-ring (bicyclic) bond motifs is 2. The Labute approximate surface area is 186 Å². The molecule has 2 heterocycles. The van der Waals surface area contributed by atoms with Crippen molar-refractivity contribution in [2.75, 3.05) is 32.7 Å². The van der Waals surface area contributed by atoms with Crippen LogP contribution in [0.15, 0.2) is 42.0 Å². The largest absolute Gasteiger partial charge is 0.461 e. The Balaban J connectivity index is 1.24. The van der Waals surface area contributed by atoms with Gasteiger partial charge in [0.2, 0.25) is 0 Å². The molecule has 1 N–H and O–H groups in total. The number of hydrogen-bond donors (Lipinski definition) is 1. The third-order valence-electron chi connectivity index (χ3n) is 8.74. The van der Waals surface area contributed by atoms with E-state index >= 15 is 0 Å². The van der Waals surface area contributed by atoms with Crippen molar-refractivity contribution in [2.45, 2.75) is 51.9 Å². The summed E-state index contributed by atoms with van der Waals surface area (Å²) in [5, 5.41) is 11.5. The molecule has 2 aliphatic carbocycles. The summed E-state index contributed by atoms with van der Waals surface area (Å²) in [5.41, 5.74) is 2.44. The maximum absolute atomic E-state index is 12.9. The average Bonchev–Trinajstić information content (AvgIpc) is 3.07. The number of allylic oxidation sites excluding steroid dienone is 1. The molecule has 0 unspecified atom stereocenters. The third kappa shape index (κ3) is 3.75. The van der Waals surface area contributed by atoms with E-state index in [4.69, 9.17) is 4.74 Å². The Kier molecular flexibility index (Phi) is 5.70. The Hall–Kier alpha value is -1.69. The molecule has 5 heteroatoms. The van der Waals surface area contributed by atoms with E-state index in [2.05, 4.69) is 60.1 Å². The number of aliphatic hydroxyl groups is 1. The minimum Gasteiger partial charge on any atom is -0.461 e. The van der Waals surface area contributed by atoms with Crippen LogP contribution in [0.3, 0.4) is 0 Å². The monoisotopic (exact) mass is 424 g/mol. The van der Waals surface area contributed by atoms with Crippen LogP contribution in [0.5, 0.6) is 0 Å². The van der Waals surface area contributed by atoms with Gasteiger partial charge in [-0.05, 0) is 24.3 Å². The Bertz CT molecular complexity index is 832. The highest BCUT2D eigenvalue weighted by Crippen LogP contribution is 2.56. The first kappa shape index (κ1) is 21.2. The first-order valence-electron chi connectivity index (χ1n) is 12.0. The molecular weight excluding hydrogens is 388 g/mol. The van der Waals surface area contributed by atoms with Gasteiger partial charge in [0, 0.05) is 57.0 Å². The summed E-state index contributed by atoms with van der Waals surface area (Å²) in [5.74, 6) is 0.0309. The second kappa shape index (κ2) is 8.34. The highest BCUT2D eigenvalue weighted by atomic mass is 16.6. The molecule has 1 aromatic carbocycles. The predicted octanol–water partition coefficient (Wildman–Crippen LogP) is 3.09. The summed E-state index contributed by atoms with van der Waals surface area (Å²) in [6, 6.07) is 10.6. The molecule has 0 spiro atoms. The van der Waals surface area contributed by atoms with Crippen LogP contribution in [0, 0.1) is 23.2 Å². The Morgan fingerprint density at radius 2 is 1.84 bits per heavy atom. The van der Waals surface area contributed by atoms with Crippen molar-refractivity contribution in [3.8, 4) is 0 Å². The summed E-state index contributed by atoms with van der Waals surface area (Å²) in [6.07, 6.45) is 4.61. The molecule has 31 heavy (non-hydrogen) atoms. The van der Waals surface area contributed by atoms with Crippen molar-refractivity contribution in [3.05, 3.63) is 47.5 Å². The molecule has 2 saturated heterocycles. The fourth-order valence-corrected chi connectivity index (χ4v) is 6.52. The molecule has 3 fully saturated rings. The number of piperazine rings is 1. The molecule has 168 valence electrons. The van der Waals surface area contributed by atoms with Crippen LogP contribution in [-0.4, -0.2) is 65.8 Å². The lowest BCUT2D eigenvalue weighted by molar-refractivity contribution is -0.145. The maximum atomic E-state index is 12.9. The molecule has 2 aliphatic heterocycles. The van der Waals surface area contributed by atoms with Gasteiger partial charge in [-0.2, -0.15) is 0 Å². The number of ether oxygens (including phenoxy) is 1. The SMILES string of the molecule is C[C@H]1CCC=C2C[C@H]3OC(=O)[C@H](CN4CCN(Cc5ccccc5)CC4)[C@H]3[C@H](O)[C@@]21C. The van der Waals surface area contributed by atoms with Crippen LogP contribution >= 0.6 is 0 Å². The van der Waals surface area contributed by atoms with E-state index in [0.29, 0.717) is 12.5 Å². The number of hydrogen-bond acceptors (Lipinski definition) is 5. The highest BCUT2D eigenvalue weighted by Gasteiger charge is 2.59. The lowest BCUT2D eigenvalue weighted by atomic mass is 9.55. The highest BCUT2D eigenvalue weighted by molar-refractivity contribution is 5.76. The van der Waals surface area contributed by atoms with Gasteiger partial charge in [-0.15, -0.1) is 0 Å². The normalized spacial score (nSPS) is 38.9. The quantitative estimate of drug-likeness (QED) is 0.595. The molecule has 0 amide bonds. The van der Waals surface area contributed by atoms with E-state index in [1.54, 1.807) is 0 Å². The first-order valence-corrected chi connectivity index (χ1v) is 12.0. The maximum Gasteiger partial charge on any atom is 0.311 e. The van der Waals surface area contributed by atoms with Crippen LogP contribution in [-0.2, 0) is 16.1 Å². The van der Waals surface area contributed by atoms with Gasteiger partial charge < -0.3 is 9.84 Å². The summed E-state index contributed by atoms with van der Waals surface area (Å²) < 4.78 is 5.84. The zero-order chi connectivity index (χ0) is 21.6. The molecule has 0 aromatic heterocycles. The zero-order valence-electron chi connectivity index (χ0n) is 18.9. The smallest absolute Gasteiger partial charge is 0.311 e. The van der Waals surface area contributed by atoms with Crippen LogP contribution in [0.2, 0.25) is 0 Å². The summed E-state index contributed by atoms with van der Waals surface area (Å²) in [7, 11) is 0. The zero-order valence-corrected chi connectivity index (χ0v) is 18.9. The van der Waals surface area contributed by atoms with Crippen molar-refractivity contribution in [3.63, 3.8) is 0 Å². The first-order chi connectivity index (χ1) is 15.0. The lowest BCUT2D eigenvalue weighted by Crippen LogP contribution is -2.55. The fraction of sp³-hybridized carbons (Fsp3) is 0.654. The molecule has 5 nitrogen and oxygen atoms in total. The van der Waals surface area contributed by atoms with Gasteiger partial charge in [-0.25, -0.2) is 0 Å². The van der Waals surface area contributed by atoms with Gasteiger partial charge in [0.15, 0.2) is 0 Å². The minimum atomic E-state index is -0.511. The van der Waals surface area contributed by atoms with Crippen molar-refractivity contribution in [1.82, 2.24) is 9.80 Å². The third-order valence-corrected chi connectivity index (χ3v) is 8.74. The molecule has 1 saturated carbocycles. The molecule has 0 radical (unpaired) electrons. The van der Waals surface area contributed by atoms with Gasteiger partial charge in [0.05, 0.1) is 12.0 Å². The van der Waals surface area contributed by atoms with E-state index in [9.17, 15) is 9.90 Å². The van der Waals surface area contributed by atoms with Gasteiger partial charge >= 0.3 is 5.97 Å². The number of carbonyl (C=O) groups excluding carboxylic acids is 1. The average molecular weight is 425 g/mol. The topological polar surface area (TPSA) is 53.0 Å². The number of carbonyl (C=O) groups is 1. The van der Waals surface area contributed by atoms with Crippen molar-refractivity contribution < 1.29 is 14.6 Å². The van der Waals surface area contributed by atoms with Gasteiger partial charge in [0.1, 0.15) is 6.10 Å². The van der Waals surface area contributed by atoms with Crippen LogP contribution in [0.4, 0.5) is 0 Å². The number of benzene rings is 1. The molecule has 5 rings (SSSR count). The second-order valence-electron chi connectivity index (χ2n) is 10.4. The lowest BCUT2D eigenvalue weighted by Gasteiger charge is -2.52. The standard InChI is InChI=1S/C26H36N2O3/c1-18-7-6-10-20-15-22-23(24(29)26(18,20)2)21(25(30)31-22)17-28-13-11-27(12-14-28)16-19-8-4-3-5-9-19/h3-5,8-10,18,21-24,29H,6-7,11-17H2,1-2H3/t18-,21+,22+,23+,24-,26+/m0/s1. The number of esters is 1. The van der Waals surface area contributed by atoms with E-state index in [0.717, 1.165) is 52.0 Å². The molecule has 0 bridgehead atoms. The molecule has 6 atom stereocenters. The van der Waals surface area contributed by atoms with Crippen LogP contribution in [0.1, 0.15) is 38.7 Å². The van der Waals surface area contributed by atoms with E-state index in [1.807, 2.05) is 0 Å². The molecule has 4 aliphatic rings. The second-order valence-corrected chi connectivity index (χ2v) is 10.4. The number of aliphatic hydroxyl groups excluding tert-OH is 1. The van der Waals surface area contributed by atoms with E-state index in [-0.39, 0.29) is 29.3 Å². The van der Waals surface area contributed by atoms with Crippen LogP contribution < -0.4 is 0 Å². The van der Waals surface area contributed by atoms with E-state index < -0.39 is 6.10 Å². The predicted molar refractivity (Wildman–Crippen MR) is 120 cm³/mol. The number of nitrogens with zero attached hydrogens (tertiary/aromatic N) is 2. The Morgan fingerprint density at radius 3 is 2.58 bits per heavy atom. The van der Waals surface area contributed by atoms with Gasteiger partial charge in [0.25, 0.3) is 0 Å². The van der Waals surface area contributed by atoms with E-state index in [1.165, 1.54) is 11.1 Å².